The van der Waals surface area contributed by atoms with E-state index >= 15 is 0 Å². The van der Waals surface area contributed by atoms with Gasteiger partial charge in [-0.05, 0) is 31.7 Å². The summed E-state index contributed by atoms with van der Waals surface area (Å²) >= 11 is 0. The van der Waals surface area contributed by atoms with Crippen LogP contribution in [0.15, 0.2) is 30.3 Å². The highest BCUT2D eigenvalue weighted by Crippen LogP contribution is 2.24. The summed E-state index contributed by atoms with van der Waals surface area (Å²) in [7, 11) is 0. The van der Waals surface area contributed by atoms with Crippen LogP contribution in [0.3, 0.4) is 0 Å². The molecule has 2 amide bonds. The zero-order chi connectivity index (χ0) is 15.6. The van der Waals surface area contributed by atoms with Crippen LogP contribution in [0.2, 0.25) is 0 Å². The lowest BCUT2D eigenvalue weighted by Gasteiger charge is -2.45. The smallest absolute Gasteiger partial charge is 0.246 e. The van der Waals surface area contributed by atoms with E-state index < -0.39 is 11.6 Å². The molecule has 0 saturated carbocycles. The zero-order valence-electron chi connectivity index (χ0n) is 13.2. The topological polar surface area (TPSA) is 49.4 Å². The fourth-order valence-electron chi connectivity index (χ4n) is 2.67. The first-order valence-electron chi connectivity index (χ1n) is 7.50. The lowest BCUT2D eigenvalue weighted by atomic mass is 9.91. The van der Waals surface area contributed by atoms with Gasteiger partial charge in [0.15, 0.2) is 0 Å². The van der Waals surface area contributed by atoms with Gasteiger partial charge in [-0.3, -0.25) is 9.59 Å². The molecule has 1 aliphatic rings. The highest BCUT2D eigenvalue weighted by atomic mass is 16.2. The van der Waals surface area contributed by atoms with E-state index in [1.807, 2.05) is 58.0 Å². The largest absolute Gasteiger partial charge is 0.342 e. The molecule has 4 nitrogen and oxygen atoms in total. The van der Waals surface area contributed by atoms with Crippen LogP contribution >= 0.6 is 0 Å². The van der Waals surface area contributed by atoms with Crippen molar-refractivity contribution in [2.75, 3.05) is 6.54 Å². The normalized spacial score (nSPS) is 21.6. The molecule has 0 aliphatic carbocycles. The van der Waals surface area contributed by atoms with Gasteiger partial charge in [-0.2, -0.15) is 0 Å². The molecule has 1 unspecified atom stereocenters. The Bertz CT molecular complexity index is 523. The Morgan fingerprint density at radius 3 is 2.38 bits per heavy atom. The number of rotatable bonds is 4. The van der Waals surface area contributed by atoms with E-state index in [2.05, 4.69) is 5.32 Å². The number of amides is 2. The maximum atomic E-state index is 12.7. The average Bonchev–Trinajstić information content (AvgIpc) is 2.43. The quantitative estimate of drug-likeness (QED) is 0.921. The molecule has 1 aliphatic heterocycles. The minimum atomic E-state index is -0.794. The fourth-order valence-corrected chi connectivity index (χ4v) is 2.67. The van der Waals surface area contributed by atoms with Crippen LogP contribution in [-0.4, -0.2) is 34.8 Å². The lowest BCUT2D eigenvalue weighted by Crippen LogP contribution is -2.69. The molecule has 1 N–H and O–H groups in total. The molecule has 0 spiro atoms. The predicted molar refractivity (Wildman–Crippen MR) is 82.7 cm³/mol. The van der Waals surface area contributed by atoms with Crippen LogP contribution in [0.1, 0.15) is 33.3 Å². The zero-order valence-corrected chi connectivity index (χ0v) is 13.2. The number of benzene rings is 1. The van der Waals surface area contributed by atoms with Crippen molar-refractivity contribution in [3.8, 4) is 0 Å². The molecular formula is C17H24N2O2. The van der Waals surface area contributed by atoms with Gasteiger partial charge in [-0.15, -0.1) is 0 Å². The van der Waals surface area contributed by atoms with Crippen molar-refractivity contribution in [2.24, 2.45) is 5.92 Å². The van der Waals surface area contributed by atoms with Gasteiger partial charge in [0.05, 0.1) is 0 Å². The Morgan fingerprint density at radius 1 is 1.19 bits per heavy atom. The Kier molecular flexibility index (Phi) is 4.35. The third-order valence-corrected chi connectivity index (χ3v) is 4.18. The second kappa shape index (κ2) is 5.88. The second-order valence-corrected chi connectivity index (χ2v) is 6.48. The van der Waals surface area contributed by atoms with E-state index in [-0.39, 0.29) is 17.7 Å². The second-order valence-electron chi connectivity index (χ2n) is 6.48. The molecular weight excluding hydrogens is 264 g/mol. The highest BCUT2D eigenvalue weighted by molar-refractivity contribution is 5.99. The monoisotopic (exact) mass is 288 g/mol. The minimum Gasteiger partial charge on any atom is -0.342 e. The molecule has 2 rings (SSSR count). The molecule has 1 aromatic carbocycles. The molecule has 0 aromatic heterocycles. The number of nitrogens with one attached hydrogen (secondary N) is 1. The lowest BCUT2D eigenvalue weighted by molar-refractivity contribution is -0.156. The summed E-state index contributed by atoms with van der Waals surface area (Å²) in [6.07, 6.45) is 0.758. The Hall–Kier alpha value is -1.84. The van der Waals surface area contributed by atoms with Crippen LogP contribution in [0, 0.1) is 5.92 Å². The van der Waals surface area contributed by atoms with E-state index in [1.54, 1.807) is 4.90 Å². The summed E-state index contributed by atoms with van der Waals surface area (Å²) in [6, 6.07) is 9.62. The molecule has 114 valence electrons. The number of carbonyl (C=O) groups excluding carboxylic acids is 2. The van der Waals surface area contributed by atoms with Gasteiger partial charge in [0, 0.05) is 6.54 Å². The number of piperazine rings is 1. The van der Waals surface area contributed by atoms with Crippen molar-refractivity contribution in [3.05, 3.63) is 35.9 Å². The molecule has 0 radical (unpaired) electrons. The van der Waals surface area contributed by atoms with Gasteiger partial charge in [-0.25, -0.2) is 0 Å². The van der Waals surface area contributed by atoms with E-state index in [0.29, 0.717) is 6.54 Å². The average molecular weight is 288 g/mol. The first-order chi connectivity index (χ1) is 9.84. The summed E-state index contributed by atoms with van der Waals surface area (Å²) in [4.78, 5) is 26.7. The van der Waals surface area contributed by atoms with E-state index in [9.17, 15) is 9.59 Å². The third-order valence-electron chi connectivity index (χ3n) is 4.18. The van der Waals surface area contributed by atoms with Crippen LogP contribution in [0.5, 0.6) is 0 Å². The van der Waals surface area contributed by atoms with Crippen molar-refractivity contribution in [2.45, 2.75) is 45.7 Å². The molecule has 1 atom stereocenters. The number of hydrogen-bond acceptors (Lipinski definition) is 2. The standard InChI is InChI=1S/C17H24N2O2/c1-12(2)14-15(20)19(17(3,4)16(21)18-14)11-10-13-8-6-5-7-9-13/h5-9,12,14H,10-11H2,1-4H3,(H,18,21). The van der Waals surface area contributed by atoms with E-state index in [0.717, 1.165) is 6.42 Å². The van der Waals surface area contributed by atoms with Crippen LogP contribution in [-0.2, 0) is 16.0 Å². The van der Waals surface area contributed by atoms with Gasteiger partial charge in [-0.1, -0.05) is 44.2 Å². The number of carbonyl (C=O) groups is 2. The molecule has 1 saturated heterocycles. The SMILES string of the molecule is CC(C)C1NC(=O)C(C)(C)N(CCc2ccccc2)C1=O. The first-order valence-corrected chi connectivity index (χ1v) is 7.50. The molecule has 1 heterocycles. The molecule has 21 heavy (non-hydrogen) atoms. The summed E-state index contributed by atoms with van der Waals surface area (Å²) in [5, 5.41) is 2.85. The Labute approximate surface area is 126 Å². The van der Waals surface area contributed by atoms with Crippen LogP contribution in [0.25, 0.3) is 0 Å². The van der Waals surface area contributed by atoms with Gasteiger partial charge in [0.25, 0.3) is 0 Å². The van der Waals surface area contributed by atoms with Crippen molar-refractivity contribution in [1.29, 1.82) is 0 Å². The van der Waals surface area contributed by atoms with Crippen LogP contribution in [0.4, 0.5) is 0 Å². The fraction of sp³-hybridized carbons (Fsp3) is 0.529. The Balaban J connectivity index is 2.17. The number of hydrogen-bond donors (Lipinski definition) is 1. The van der Waals surface area contributed by atoms with Gasteiger partial charge in [0.2, 0.25) is 11.8 Å². The third kappa shape index (κ3) is 3.09. The van der Waals surface area contributed by atoms with Gasteiger partial charge >= 0.3 is 0 Å². The van der Waals surface area contributed by atoms with E-state index in [4.69, 9.17) is 0 Å². The maximum Gasteiger partial charge on any atom is 0.246 e. The van der Waals surface area contributed by atoms with Gasteiger partial charge in [0.1, 0.15) is 11.6 Å². The molecule has 1 aromatic rings. The molecule has 4 heteroatoms. The minimum absolute atomic E-state index is 0.0190. The molecule has 1 fully saturated rings. The number of nitrogens with zero attached hydrogens (tertiary/aromatic N) is 1. The van der Waals surface area contributed by atoms with Gasteiger partial charge < -0.3 is 10.2 Å². The van der Waals surface area contributed by atoms with Crippen molar-refractivity contribution in [1.82, 2.24) is 10.2 Å². The predicted octanol–water partition coefficient (Wildman–Crippen LogP) is 1.99. The Morgan fingerprint density at radius 2 is 1.81 bits per heavy atom. The van der Waals surface area contributed by atoms with Crippen molar-refractivity contribution in [3.63, 3.8) is 0 Å². The summed E-state index contributed by atoms with van der Waals surface area (Å²) < 4.78 is 0. The first kappa shape index (κ1) is 15.5. The summed E-state index contributed by atoms with van der Waals surface area (Å²) in [6.45, 7) is 8.09. The summed E-state index contributed by atoms with van der Waals surface area (Å²) in [5.74, 6) is 0.0381. The highest BCUT2D eigenvalue weighted by Gasteiger charge is 2.46. The summed E-state index contributed by atoms with van der Waals surface area (Å²) in [5.41, 5.74) is 0.380. The van der Waals surface area contributed by atoms with E-state index in [1.165, 1.54) is 5.56 Å². The van der Waals surface area contributed by atoms with Crippen molar-refractivity contribution < 1.29 is 9.59 Å². The molecule has 0 bridgehead atoms. The maximum absolute atomic E-state index is 12.7. The van der Waals surface area contributed by atoms with Crippen LogP contribution < -0.4 is 5.32 Å². The van der Waals surface area contributed by atoms with Crippen molar-refractivity contribution >= 4 is 11.8 Å².